The van der Waals surface area contributed by atoms with Crippen LogP contribution in [-0.2, 0) is 0 Å². The van der Waals surface area contributed by atoms with Gasteiger partial charge in [0.15, 0.2) is 5.78 Å². The number of thioether (sulfide) groups is 1. The molecule has 0 N–H and O–H groups in total. The van der Waals surface area contributed by atoms with E-state index in [1.54, 1.807) is 12.1 Å². The number of nitrogens with zero attached hydrogens (tertiary/aromatic N) is 2. The molecule has 1 unspecified atom stereocenters. The molecule has 1 aromatic heterocycles. The third-order valence-electron chi connectivity index (χ3n) is 2.40. The first-order valence-corrected chi connectivity index (χ1v) is 6.55. The molecule has 0 aliphatic heterocycles. The number of ketones is 1. The molecular formula is C13H16N2O2S. The van der Waals surface area contributed by atoms with E-state index in [-0.39, 0.29) is 11.0 Å². The third kappa shape index (κ3) is 4.04. The lowest BCUT2D eigenvalue weighted by molar-refractivity contribution is 0.0982. The summed E-state index contributed by atoms with van der Waals surface area (Å²) in [6.07, 6.45) is 2.18. The zero-order valence-electron chi connectivity index (χ0n) is 10.7. The topological polar surface area (TPSA) is 63.0 Å². The number of rotatable bonds is 6. The second-order valence-electron chi connectivity index (χ2n) is 4.28. The second kappa shape index (κ2) is 7.02. The van der Waals surface area contributed by atoms with Gasteiger partial charge >= 0.3 is 0 Å². The average molecular weight is 264 g/mol. The number of nitriles is 1. The quantitative estimate of drug-likeness (QED) is 0.584. The molecule has 1 heterocycles. The van der Waals surface area contributed by atoms with Gasteiger partial charge in [-0.3, -0.25) is 4.79 Å². The number of hydrogen-bond donors (Lipinski definition) is 0. The van der Waals surface area contributed by atoms with Crippen molar-refractivity contribution in [2.45, 2.75) is 25.5 Å². The maximum atomic E-state index is 12.2. The largest absolute Gasteiger partial charge is 0.481 e. The fraction of sp³-hybridized carbons (Fsp3) is 0.462. The summed E-state index contributed by atoms with van der Waals surface area (Å²) >= 11 is 1.01. The average Bonchev–Trinajstić information content (AvgIpc) is 2.37. The number of thiocyanates is 1. The summed E-state index contributed by atoms with van der Waals surface area (Å²) in [5, 5.41) is 10.4. The van der Waals surface area contributed by atoms with Crippen LogP contribution in [0.25, 0.3) is 0 Å². The van der Waals surface area contributed by atoms with Crippen LogP contribution >= 0.6 is 11.8 Å². The highest BCUT2D eigenvalue weighted by atomic mass is 32.2. The van der Waals surface area contributed by atoms with E-state index < -0.39 is 0 Å². The molecule has 1 aromatic rings. The number of carbonyl (C=O) groups excluding carboxylic acids is 1. The summed E-state index contributed by atoms with van der Waals surface area (Å²) in [6.45, 7) is 4.06. The highest BCUT2D eigenvalue weighted by Crippen LogP contribution is 2.22. The van der Waals surface area contributed by atoms with E-state index in [0.717, 1.165) is 11.8 Å². The first-order chi connectivity index (χ1) is 8.58. The first kappa shape index (κ1) is 14.5. The number of methoxy groups -OCH3 is 1. The Morgan fingerprint density at radius 2 is 2.28 bits per heavy atom. The molecule has 0 aliphatic carbocycles. The van der Waals surface area contributed by atoms with Crippen molar-refractivity contribution in [2.75, 3.05) is 7.11 Å². The summed E-state index contributed by atoms with van der Waals surface area (Å²) in [7, 11) is 1.52. The van der Waals surface area contributed by atoms with E-state index >= 15 is 0 Å². The Labute approximate surface area is 111 Å². The molecule has 0 aliphatic rings. The molecule has 0 amide bonds. The van der Waals surface area contributed by atoms with Crippen LogP contribution in [0.2, 0.25) is 0 Å². The van der Waals surface area contributed by atoms with Crippen molar-refractivity contribution < 1.29 is 9.53 Å². The number of aromatic nitrogens is 1. The van der Waals surface area contributed by atoms with Crippen molar-refractivity contribution in [3.63, 3.8) is 0 Å². The highest BCUT2D eigenvalue weighted by Gasteiger charge is 2.22. The van der Waals surface area contributed by atoms with Crippen LogP contribution in [0.4, 0.5) is 0 Å². The Kier molecular flexibility index (Phi) is 5.66. The number of pyridine rings is 1. The van der Waals surface area contributed by atoms with Gasteiger partial charge in [0.2, 0.25) is 5.88 Å². The van der Waals surface area contributed by atoms with Crippen LogP contribution < -0.4 is 4.74 Å². The van der Waals surface area contributed by atoms with E-state index in [4.69, 9.17) is 10.00 Å². The van der Waals surface area contributed by atoms with Crippen LogP contribution in [0.1, 0.15) is 30.6 Å². The van der Waals surface area contributed by atoms with Crippen molar-refractivity contribution in [1.29, 1.82) is 5.26 Å². The van der Waals surface area contributed by atoms with Crippen LogP contribution in [-0.4, -0.2) is 23.1 Å². The van der Waals surface area contributed by atoms with Crippen LogP contribution in [0.15, 0.2) is 18.3 Å². The summed E-state index contributed by atoms with van der Waals surface area (Å²) < 4.78 is 4.94. The van der Waals surface area contributed by atoms with Gasteiger partial charge in [-0.15, -0.1) is 0 Å². The fourth-order valence-corrected chi connectivity index (χ4v) is 2.38. The molecule has 0 saturated heterocycles. The lowest BCUT2D eigenvalue weighted by Gasteiger charge is -2.13. The Balaban J connectivity index is 2.84. The minimum atomic E-state index is -0.329. The molecule has 96 valence electrons. The maximum Gasteiger partial charge on any atom is 0.212 e. The van der Waals surface area contributed by atoms with Crippen molar-refractivity contribution in [3.05, 3.63) is 23.9 Å². The van der Waals surface area contributed by atoms with Gasteiger partial charge in [0.1, 0.15) is 5.40 Å². The molecule has 18 heavy (non-hydrogen) atoms. The zero-order valence-corrected chi connectivity index (χ0v) is 11.5. The molecule has 0 aromatic carbocycles. The Bertz CT molecular complexity index is 437. The Hall–Kier alpha value is -1.54. The highest BCUT2D eigenvalue weighted by molar-refractivity contribution is 8.05. The van der Waals surface area contributed by atoms with Crippen LogP contribution in [0, 0.1) is 16.6 Å². The van der Waals surface area contributed by atoms with E-state index in [1.807, 2.05) is 19.2 Å². The van der Waals surface area contributed by atoms with E-state index in [9.17, 15) is 4.79 Å². The fourth-order valence-electron chi connectivity index (χ4n) is 1.53. The van der Waals surface area contributed by atoms with Gasteiger partial charge in [-0.1, -0.05) is 13.8 Å². The molecular weight excluding hydrogens is 248 g/mol. The molecule has 1 rings (SSSR count). The van der Waals surface area contributed by atoms with E-state index in [2.05, 4.69) is 4.98 Å². The molecule has 0 radical (unpaired) electrons. The lowest BCUT2D eigenvalue weighted by Crippen LogP contribution is -2.19. The number of hydrogen-bond acceptors (Lipinski definition) is 5. The van der Waals surface area contributed by atoms with Crippen molar-refractivity contribution >= 4 is 17.5 Å². The molecule has 0 fully saturated rings. The molecule has 0 spiro atoms. The van der Waals surface area contributed by atoms with Gasteiger partial charge in [-0.05, 0) is 30.2 Å². The van der Waals surface area contributed by atoms with Crippen LogP contribution in [0.3, 0.4) is 0 Å². The van der Waals surface area contributed by atoms with E-state index in [1.165, 1.54) is 13.3 Å². The van der Waals surface area contributed by atoms with Crippen molar-refractivity contribution in [3.8, 4) is 11.3 Å². The Morgan fingerprint density at radius 3 is 2.72 bits per heavy atom. The van der Waals surface area contributed by atoms with Gasteiger partial charge in [0.25, 0.3) is 0 Å². The minimum absolute atomic E-state index is 0.0506. The molecule has 4 nitrogen and oxygen atoms in total. The zero-order chi connectivity index (χ0) is 13.5. The lowest BCUT2D eigenvalue weighted by atomic mass is 10.0. The van der Waals surface area contributed by atoms with Gasteiger partial charge < -0.3 is 4.74 Å². The summed E-state index contributed by atoms with van der Waals surface area (Å²) in [6, 6.07) is 3.33. The number of ether oxygens (including phenoxy) is 1. The van der Waals surface area contributed by atoms with Gasteiger partial charge in [-0.2, -0.15) is 5.26 Å². The summed E-state index contributed by atoms with van der Waals surface area (Å²) in [5.74, 6) is 0.788. The van der Waals surface area contributed by atoms with Crippen LogP contribution in [0.5, 0.6) is 5.88 Å². The molecule has 1 atom stereocenters. The Morgan fingerprint density at radius 1 is 1.56 bits per heavy atom. The first-order valence-electron chi connectivity index (χ1n) is 5.67. The standard InChI is InChI=1S/C13H16N2O2S/c1-9(2)6-11(18-8-14)13(16)10-4-5-12(17-3)15-7-10/h4-5,7,9,11H,6H2,1-3H3. The predicted octanol–water partition coefficient (Wildman–Crippen LogP) is 2.90. The molecule has 0 saturated carbocycles. The number of Topliss-reactive ketones (excluding diaryl/α,β-unsaturated/α-hetero) is 1. The van der Waals surface area contributed by atoms with Crippen molar-refractivity contribution in [2.24, 2.45) is 5.92 Å². The smallest absolute Gasteiger partial charge is 0.212 e. The van der Waals surface area contributed by atoms with Gasteiger partial charge in [0, 0.05) is 17.8 Å². The predicted molar refractivity (Wildman–Crippen MR) is 71.6 cm³/mol. The summed E-state index contributed by atoms with van der Waals surface area (Å²) in [4.78, 5) is 16.2. The summed E-state index contributed by atoms with van der Waals surface area (Å²) in [5.41, 5.74) is 0.518. The SMILES string of the molecule is COc1ccc(C(=O)C(CC(C)C)SC#N)cn1. The minimum Gasteiger partial charge on any atom is -0.481 e. The molecule has 5 heteroatoms. The number of carbonyl (C=O) groups is 1. The molecule has 0 bridgehead atoms. The maximum absolute atomic E-state index is 12.2. The second-order valence-corrected chi connectivity index (χ2v) is 5.27. The monoisotopic (exact) mass is 264 g/mol. The van der Waals surface area contributed by atoms with Gasteiger partial charge in [-0.25, -0.2) is 4.98 Å². The van der Waals surface area contributed by atoms with Gasteiger partial charge in [0.05, 0.1) is 12.4 Å². The normalized spacial score (nSPS) is 11.9. The third-order valence-corrected chi connectivity index (χ3v) is 3.20. The van der Waals surface area contributed by atoms with Crippen molar-refractivity contribution in [1.82, 2.24) is 4.98 Å². The van der Waals surface area contributed by atoms with E-state index in [0.29, 0.717) is 23.8 Å².